The summed E-state index contributed by atoms with van der Waals surface area (Å²) in [5.74, 6) is -0.236. The Morgan fingerprint density at radius 1 is 1.24 bits per heavy atom. The van der Waals surface area contributed by atoms with Crippen LogP contribution in [-0.2, 0) is 4.74 Å². The number of ether oxygens (including phenoxy) is 1. The molecule has 1 aliphatic rings. The smallest absolute Gasteiger partial charge is 0.123 e. The standard InChI is InChI=1S/C13H16FNOS/c1-9-7-15(8-10(2)16-9)13(17)11-3-5-12(14)6-4-11/h3-6,9-10H,7-8H2,1-2H3. The average molecular weight is 253 g/mol. The fraction of sp³-hybridized carbons (Fsp3) is 0.462. The summed E-state index contributed by atoms with van der Waals surface area (Å²) in [5.41, 5.74) is 0.891. The summed E-state index contributed by atoms with van der Waals surface area (Å²) >= 11 is 5.44. The maximum absolute atomic E-state index is 12.8. The Bertz CT molecular complexity index is 396. The monoisotopic (exact) mass is 253 g/mol. The van der Waals surface area contributed by atoms with Crippen LogP contribution in [0.1, 0.15) is 19.4 Å². The summed E-state index contributed by atoms with van der Waals surface area (Å²) in [7, 11) is 0. The van der Waals surface area contributed by atoms with E-state index < -0.39 is 0 Å². The molecule has 0 aliphatic carbocycles. The first kappa shape index (κ1) is 12.5. The number of hydrogen-bond donors (Lipinski definition) is 0. The molecule has 1 saturated heterocycles. The molecule has 0 radical (unpaired) electrons. The van der Waals surface area contributed by atoms with E-state index in [1.54, 1.807) is 12.1 Å². The molecule has 2 atom stereocenters. The molecule has 1 fully saturated rings. The van der Waals surface area contributed by atoms with Gasteiger partial charge in [0.05, 0.1) is 12.2 Å². The molecule has 0 saturated carbocycles. The molecule has 1 aromatic carbocycles. The Morgan fingerprint density at radius 3 is 2.29 bits per heavy atom. The third-order valence-electron chi connectivity index (χ3n) is 2.80. The summed E-state index contributed by atoms with van der Waals surface area (Å²) in [6, 6.07) is 6.33. The normalized spacial score (nSPS) is 24.8. The molecule has 2 rings (SSSR count). The van der Waals surface area contributed by atoms with Gasteiger partial charge in [0.1, 0.15) is 10.8 Å². The van der Waals surface area contributed by atoms with Crippen molar-refractivity contribution >= 4 is 17.2 Å². The maximum Gasteiger partial charge on any atom is 0.123 e. The Balaban J connectivity index is 2.11. The Hall–Kier alpha value is -1.00. The van der Waals surface area contributed by atoms with Crippen LogP contribution < -0.4 is 0 Å². The van der Waals surface area contributed by atoms with Crippen molar-refractivity contribution in [3.05, 3.63) is 35.6 Å². The fourth-order valence-electron chi connectivity index (χ4n) is 2.12. The average Bonchev–Trinajstić information content (AvgIpc) is 2.28. The van der Waals surface area contributed by atoms with Crippen LogP contribution in [0.3, 0.4) is 0 Å². The van der Waals surface area contributed by atoms with Crippen LogP contribution in [0.25, 0.3) is 0 Å². The lowest BCUT2D eigenvalue weighted by Crippen LogP contribution is -2.47. The van der Waals surface area contributed by atoms with Gasteiger partial charge in [0.25, 0.3) is 0 Å². The van der Waals surface area contributed by atoms with Crippen molar-refractivity contribution < 1.29 is 9.13 Å². The van der Waals surface area contributed by atoms with Gasteiger partial charge < -0.3 is 9.64 Å². The van der Waals surface area contributed by atoms with Gasteiger partial charge in [-0.25, -0.2) is 4.39 Å². The molecular formula is C13H16FNOS. The minimum atomic E-state index is -0.236. The molecular weight excluding hydrogens is 237 g/mol. The lowest BCUT2D eigenvalue weighted by atomic mass is 10.1. The molecule has 0 aromatic heterocycles. The second-order valence-corrected chi connectivity index (χ2v) is 4.86. The summed E-state index contributed by atoms with van der Waals surface area (Å²) in [5, 5.41) is 0. The highest BCUT2D eigenvalue weighted by Crippen LogP contribution is 2.15. The quantitative estimate of drug-likeness (QED) is 0.714. The van der Waals surface area contributed by atoms with E-state index in [-0.39, 0.29) is 18.0 Å². The summed E-state index contributed by atoms with van der Waals surface area (Å²) in [6.07, 6.45) is 0.356. The van der Waals surface area contributed by atoms with Crippen LogP contribution >= 0.6 is 12.2 Å². The van der Waals surface area contributed by atoms with E-state index >= 15 is 0 Å². The molecule has 0 N–H and O–H groups in total. The number of nitrogens with zero attached hydrogens (tertiary/aromatic N) is 1. The molecule has 0 amide bonds. The molecule has 0 bridgehead atoms. The Labute approximate surface area is 106 Å². The molecule has 1 heterocycles. The zero-order chi connectivity index (χ0) is 12.4. The second kappa shape index (κ2) is 5.10. The zero-order valence-electron chi connectivity index (χ0n) is 10.0. The highest BCUT2D eigenvalue weighted by Gasteiger charge is 2.24. The number of hydrogen-bond acceptors (Lipinski definition) is 2. The van der Waals surface area contributed by atoms with Gasteiger partial charge in [0, 0.05) is 18.7 Å². The first-order chi connectivity index (χ1) is 8.06. The van der Waals surface area contributed by atoms with Gasteiger partial charge in [-0.2, -0.15) is 0 Å². The Kier molecular flexibility index (Phi) is 3.74. The zero-order valence-corrected chi connectivity index (χ0v) is 10.8. The van der Waals surface area contributed by atoms with Crippen LogP contribution in [-0.4, -0.2) is 35.2 Å². The van der Waals surface area contributed by atoms with Crippen LogP contribution in [0.4, 0.5) is 4.39 Å². The Morgan fingerprint density at radius 2 is 1.76 bits per heavy atom. The van der Waals surface area contributed by atoms with Gasteiger partial charge in [-0.15, -0.1) is 0 Å². The lowest BCUT2D eigenvalue weighted by Gasteiger charge is -2.37. The molecule has 17 heavy (non-hydrogen) atoms. The number of halogens is 1. The van der Waals surface area contributed by atoms with E-state index in [1.807, 2.05) is 13.8 Å². The van der Waals surface area contributed by atoms with E-state index in [0.717, 1.165) is 23.6 Å². The van der Waals surface area contributed by atoms with Crippen molar-refractivity contribution in [2.24, 2.45) is 0 Å². The summed E-state index contributed by atoms with van der Waals surface area (Å²) in [6.45, 7) is 5.66. The SMILES string of the molecule is CC1CN(C(=S)c2ccc(F)cc2)CC(C)O1. The van der Waals surface area contributed by atoms with E-state index in [1.165, 1.54) is 12.1 Å². The minimum Gasteiger partial charge on any atom is -0.372 e. The highest BCUT2D eigenvalue weighted by molar-refractivity contribution is 7.80. The van der Waals surface area contributed by atoms with Crippen LogP contribution in [0.5, 0.6) is 0 Å². The predicted molar refractivity (Wildman–Crippen MR) is 69.7 cm³/mol. The van der Waals surface area contributed by atoms with Gasteiger partial charge in [-0.1, -0.05) is 12.2 Å². The first-order valence-electron chi connectivity index (χ1n) is 5.76. The van der Waals surface area contributed by atoms with Crippen molar-refractivity contribution in [3.8, 4) is 0 Å². The molecule has 92 valence electrons. The third kappa shape index (κ3) is 3.01. The molecule has 2 nitrogen and oxygen atoms in total. The molecule has 1 aromatic rings. The number of benzene rings is 1. The number of morpholine rings is 1. The topological polar surface area (TPSA) is 12.5 Å². The van der Waals surface area contributed by atoms with Crippen molar-refractivity contribution in [1.29, 1.82) is 0 Å². The molecule has 0 spiro atoms. The van der Waals surface area contributed by atoms with Crippen LogP contribution in [0.15, 0.2) is 24.3 Å². The fourth-order valence-corrected chi connectivity index (χ4v) is 2.40. The van der Waals surface area contributed by atoms with Crippen molar-refractivity contribution in [1.82, 2.24) is 4.90 Å². The second-order valence-electron chi connectivity index (χ2n) is 4.47. The molecule has 1 aliphatic heterocycles. The van der Waals surface area contributed by atoms with E-state index in [9.17, 15) is 4.39 Å². The highest BCUT2D eigenvalue weighted by atomic mass is 32.1. The van der Waals surface area contributed by atoms with Crippen molar-refractivity contribution in [2.45, 2.75) is 26.1 Å². The lowest BCUT2D eigenvalue weighted by molar-refractivity contribution is -0.0472. The number of rotatable bonds is 1. The minimum absolute atomic E-state index is 0.178. The van der Waals surface area contributed by atoms with Crippen LogP contribution in [0.2, 0.25) is 0 Å². The van der Waals surface area contributed by atoms with Gasteiger partial charge in [-0.05, 0) is 38.1 Å². The van der Waals surface area contributed by atoms with Gasteiger partial charge >= 0.3 is 0 Å². The maximum atomic E-state index is 12.8. The molecule has 4 heteroatoms. The third-order valence-corrected chi connectivity index (χ3v) is 3.29. The van der Waals surface area contributed by atoms with E-state index in [2.05, 4.69) is 4.90 Å². The van der Waals surface area contributed by atoms with Gasteiger partial charge in [0.15, 0.2) is 0 Å². The van der Waals surface area contributed by atoms with Gasteiger partial charge in [-0.3, -0.25) is 0 Å². The molecule has 2 unspecified atom stereocenters. The van der Waals surface area contributed by atoms with E-state index in [0.29, 0.717) is 0 Å². The van der Waals surface area contributed by atoms with E-state index in [4.69, 9.17) is 17.0 Å². The first-order valence-corrected chi connectivity index (χ1v) is 6.17. The van der Waals surface area contributed by atoms with Crippen molar-refractivity contribution in [2.75, 3.05) is 13.1 Å². The summed E-state index contributed by atoms with van der Waals surface area (Å²) in [4.78, 5) is 2.90. The predicted octanol–water partition coefficient (Wildman–Crippen LogP) is 2.61. The van der Waals surface area contributed by atoms with Crippen molar-refractivity contribution in [3.63, 3.8) is 0 Å². The number of thiocarbonyl (C=S) groups is 1. The van der Waals surface area contributed by atoms with Gasteiger partial charge in [0.2, 0.25) is 0 Å². The largest absolute Gasteiger partial charge is 0.372 e. The summed E-state index contributed by atoms with van der Waals surface area (Å²) < 4.78 is 18.5. The van der Waals surface area contributed by atoms with Crippen LogP contribution in [0, 0.1) is 5.82 Å².